The van der Waals surface area contributed by atoms with E-state index in [9.17, 15) is 8.42 Å². The van der Waals surface area contributed by atoms with E-state index < -0.39 is 10.0 Å². The Balaban J connectivity index is 1.73. The number of nitrogens with zero attached hydrogens (tertiary/aromatic N) is 1. The van der Waals surface area contributed by atoms with Gasteiger partial charge in [-0.2, -0.15) is 4.31 Å². The van der Waals surface area contributed by atoms with Gasteiger partial charge in [0.1, 0.15) is 4.21 Å². The van der Waals surface area contributed by atoms with Crippen LogP contribution in [0.5, 0.6) is 0 Å². The van der Waals surface area contributed by atoms with Gasteiger partial charge in [0.2, 0.25) is 0 Å². The highest BCUT2D eigenvalue weighted by molar-refractivity contribution is 7.91. The van der Waals surface area contributed by atoms with Crippen molar-refractivity contribution >= 4 is 32.3 Å². The van der Waals surface area contributed by atoms with Gasteiger partial charge in [0.25, 0.3) is 10.0 Å². The van der Waals surface area contributed by atoms with Crippen LogP contribution in [-0.4, -0.2) is 24.3 Å². The summed E-state index contributed by atoms with van der Waals surface area (Å²) >= 11 is 1.27. The summed E-state index contributed by atoms with van der Waals surface area (Å²) in [6.07, 6.45) is 0.701. The number of fused-ring (bicyclic) bond motifs is 3. The van der Waals surface area contributed by atoms with E-state index in [4.69, 9.17) is 0 Å². The molecular weight excluding hydrogens is 388 g/mol. The Labute approximate surface area is 168 Å². The smallest absolute Gasteiger partial charge is 0.253 e. The second-order valence-corrected chi connectivity index (χ2v) is 10.2. The van der Waals surface area contributed by atoms with Crippen molar-refractivity contribution in [2.24, 2.45) is 0 Å². The first-order chi connectivity index (χ1) is 13.6. The lowest BCUT2D eigenvalue weighted by atomic mass is 9.94. The number of thiophene rings is 1. The number of benzene rings is 2. The Morgan fingerprint density at radius 1 is 1.04 bits per heavy atom. The van der Waals surface area contributed by atoms with E-state index in [2.05, 4.69) is 17.1 Å². The summed E-state index contributed by atoms with van der Waals surface area (Å²) in [7, 11) is -3.57. The predicted molar refractivity (Wildman–Crippen MR) is 113 cm³/mol. The minimum Gasteiger partial charge on any atom is -0.357 e. The number of nitrogens with one attached hydrogen (secondary N) is 1. The molecule has 0 bridgehead atoms. The normalized spacial score (nSPS) is 17.7. The molecule has 0 aliphatic carbocycles. The molecule has 1 N–H and O–H groups in total. The SMILES string of the molecule is Cc1ccc([C@H]2c3[nH]c4ccccc4c3CCN2S(=O)(=O)c2cccs2)cc1. The number of aromatic nitrogens is 1. The van der Waals surface area contributed by atoms with Crippen LogP contribution in [0, 0.1) is 6.92 Å². The van der Waals surface area contributed by atoms with Crippen LogP contribution in [0.15, 0.2) is 70.3 Å². The first-order valence-corrected chi connectivity index (χ1v) is 11.6. The Bertz CT molecular complexity index is 1240. The van der Waals surface area contributed by atoms with Crippen molar-refractivity contribution in [3.63, 3.8) is 0 Å². The highest BCUT2D eigenvalue weighted by atomic mass is 32.2. The molecule has 0 amide bonds. The third-order valence-corrected chi connectivity index (χ3v) is 8.68. The van der Waals surface area contributed by atoms with Crippen LogP contribution in [0.1, 0.15) is 28.4 Å². The van der Waals surface area contributed by atoms with Gasteiger partial charge >= 0.3 is 0 Å². The number of rotatable bonds is 3. The molecule has 0 radical (unpaired) electrons. The van der Waals surface area contributed by atoms with Crippen molar-refractivity contribution in [3.8, 4) is 0 Å². The van der Waals surface area contributed by atoms with E-state index in [0.717, 1.165) is 22.3 Å². The van der Waals surface area contributed by atoms with Crippen LogP contribution in [0.25, 0.3) is 10.9 Å². The summed E-state index contributed by atoms with van der Waals surface area (Å²) in [6, 6.07) is 19.5. The molecule has 28 heavy (non-hydrogen) atoms. The summed E-state index contributed by atoms with van der Waals surface area (Å²) in [6.45, 7) is 2.51. The van der Waals surface area contributed by atoms with E-state index >= 15 is 0 Å². The van der Waals surface area contributed by atoms with Crippen LogP contribution in [0.3, 0.4) is 0 Å². The Kier molecular flexibility index (Phi) is 4.16. The molecule has 2 aromatic heterocycles. The Hall–Kier alpha value is -2.41. The van der Waals surface area contributed by atoms with E-state index in [0.29, 0.717) is 17.2 Å². The minimum absolute atomic E-state index is 0.358. The maximum atomic E-state index is 13.4. The van der Waals surface area contributed by atoms with Gasteiger partial charge in [-0.3, -0.25) is 0 Å². The summed E-state index contributed by atoms with van der Waals surface area (Å²) in [5.41, 5.74) is 5.40. The number of sulfonamides is 1. The second kappa shape index (κ2) is 6.58. The molecule has 4 nitrogen and oxygen atoms in total. The largest absolute Gasteiger partial charge is 0.357 e. The zero-order chi connectivity index (χ0) is 19.3. The number of H-pyrrole nitrogens is 1. The lowest BCUT2D eigenvalue weighted by molar-refractivity contribution is 0.341. The molecule has 6 heteroatoms. The van der Waals surface area contributed by atoms with Gasteiger partial charge in [-0.1, -0.05) is 54.1 Å². The molecule has 0 fully saturated rings. The van der Waals surface area contributed by atoms with Crippen molar-refractivity contribution in [1.82, 2.24) is 9.29 Å². The van der Waals surface area contributed by atoms with Gasteiger partial charge in [0.05, 0.1) is 6.04 Å². The lowest BCUT2D eigenvalue weighted by Gasteiger charge is -2.35. The van der Waals surface area contributed by atoms with Crippen LogP contribution < -0.4 is 0 Å². The molecule has 2 aromatic carbocycles. The van der Waals surface area contributed by atoms with Crippen molar-refractivity contribution < 1.29 is 8.42 Å². The van der Waals surface area contributed by atoms with E-state index in [1.165, 1.54) is 22.3 Å². The monoisotopic (exact) mass is 408 g/mol. The number of aromatic amines is 1. The minimum atomic E-state index is -3.57. The van der Waals surface area contributed by atoms with Gasteiger partial charge in [-0.15, -0.1) is 11.3 Å². The number of aryl methyl sites for hydroxylation is 1. The predicted octanol–water partition coefficient (Wildman–Crippen LogP) is 4.87. The molecule has 4 aromatic rings. The zero-order valence-electron chi connectivity index (χ0n) is 15.4. The summed E-state index contributed by atoms with van der Waals surface area (Å²) in [4.78, 5) is 3.52. The fourth-order valence-electron chi connectivity index (χ4n) is 4.09. The standard InChI is InChI=1S/C22H20N2O2S2/c1-15-8-10-16(11-9-15)22-21-18(17-5-2-3-6-19(17)23-21)12-13-24(22)28(25,26)20-7-4-14-27-20/h2-11,14,22-23H,12-13H2,1H3/t22-/m0/s1. The van der Waals surface area contributed by atoms with E-state index in [1.807, 2.05) is 48.7 Å². The highest BCUT2D eigenvalue weighted by Crippen LogP contribution is 2.41. The number of hydrogen-bond donors (Lipinski definition) is 1. The molecular formula is C22H20N2O2S2. The van der Waals surface area contributed by atoms with Gasteiger partial charge in [-0.05, 0) is 42.0 Å². The molecule has 0 spiro atoms. The average molecular weight is 409 g/mol. The first kappa shape index (κ1) is 17.7. The molecule has 5 rings (SSSR count). The molecule has 3 heterocycles. The topological polar surface area (TPSA) is 53.2 Å². The highest BCUT2D eigenvalue weighted by Gasteiger charge is 2.39. The van der Waals surface area contributed by atoms with Crippen LogP contribution in [0.2, 0.25) is 0 Å². The quantitative estimate of drug-likeness (QED) is 0.526. The molecule has 0 saturated carbocycles. The maximum absolute atomic E-state index is 13.4. The van der Waals surface area contributed by atoms with Crippen LogP contribution in [0.4, 0.5) is 0 Å². The van der Waals surface area contributed by atoms with Gasteiger partial charge in [0.15, 0.2) is 0 Å². The van der Waals surface area contributed by atoms with E-state index in [-0.39, 0.29) is 6.04 Å². The summed E-state index contributed by atoms with van der Waals surface area (Å²) < 4.78 is 28.9. The van der Waals surface area contributed by atoms with Crippen molar-refractivity contribution in [2.75, 3.05) is 6.54 Å². The summed E-state index contributed by atoms with van der Waals surface area (Å²) in [5.74, 6) is 0. The number of hydrogen-bond acceptors (Lipinski definition) is 3. The number of para-hydroxylation sites is 1. The fourth-order valence-corrected chi connectivity index (χ4v) is 6.79. The molecule has 1 aliphatic heterocycles. The fraction of sp³-hybridized carbons (Fsp3) is 0.182. The van der Waals surface area contributed by atoms with E-state index in [1.54, 1.807) is 16.4 Å². The molecule has 142 valence electrons. The average Bonchev–Trinajstić information content (AvgIpc) is 3.36. The van der Waals surface area contributed by atoms with Crippen LogP contribution >= 0.6 is 11.3 Å². The Morgan fingerprint density at radius 2 is 1.82 bits per heavy atom. The molecule has 0 saturated heterocycles. The van der Waals surface area contributed by atoms with Crippen LogP contribution in [-0.2, 0) is 16.4 Å². The second-order valence-electron chi connectivity index (χ2n) is 7.17. The third-order valence-electron chi connectivity index (χ3n) is 5.44. The lowest BCUT2D eigenvalue weighted by Crippen LogP contribution is -2.40. The molecule has 1 atom stereocenters. The van der Waals surface area contributed by atoms with Gasteiger partial charge in [-0.25, -0.2) is 8.42 Å². The van der Waals surface area contributed by atoms with Crippen molar-refractivity contribution in [2.45, 2.75) is 23.6 Å². The first-order valence-electron chi connectivity index (χ1n) is 9.27. The van der Waals surface area contributed by atoms with Crippen molar-refractivity contribution in [1.29, 1.82) is 0 Å². The zero-order valence-corrected chi connectivity index (χ0v) is 17.1. The molecule has 0 unspecified atom stereocenters. The maximum Gasteiger partial charge on any atom is 0.253 e. The van der Waals surface area contributed by atoms with Crippen molar-refractivity contribution in [3.05, 3.63) is 88.4 Å². The Morgan fingerprint density at radius 3 is 2.57 bits per heavy atom. The molecule has 1 aliphatic rings. The van der Waals surface area contributed by atoms with Gasteiger partial charge in [0, 0.05) is 23.1 Å². The van der Waals surface area contributed by atoms with Gasteiger partial charge < -0.3 is 4.98 Å². The third kappa shape index (κ3) is 2.71. The summed E-state index contributed by atoms with van der Waals surface area (Å²) in [5, 5.41) is 2.99.